The number of nitrogens with two attached hydrogens (primary N) is 1. The second-order valence-electron chi connectivity index (χ2n) is 5.21. The molecule has 1 aromatic carbocycles. The van der Waals surface area contributed by atoms with E-state index in [0.29, 0.717) is 18.1 Å². The van der Waals surface area contributed by atoms with Crippen LogP contribution < -0.4 is 10.5 Å². The average molecular weight is 297 g/mol. The summed E-state index contributed by atoms with van der Waals surface area (Å²) in [7, 11) is 1.62. The molecular weight excluding hydrogens is 274 g/mol. The van der Waals surface area contributed by atoms with Gasteiger partial charge in [0, 0.05) is 17.7 Å². The Kier molecular flexibility index (Phi) is 5.53. The zero-order valence-electron chi connectivity index (χ0n) is 13.2. The van der Waals surface area contributed by atoms with Crippen LogP contribution in [0.2, 0.25) is 0 Å². The monoisotopic (exact) mass is 297 g/mol. The van der Waals surface area contributed by atoms with Gasteiger partial charge in [-0.25, -0.2) is 0 Å². The molecule has 0 atom stereocenters. The maximum atomic E-state index is 8.51. The number of hydrogen-bond donors (Lipinski definition) is 2. The van der Waals surface area contributed by atoms with E-state index in [2.05, 4.69) is 18.0 Å². The molecule has 0 fully saturated rings. The standard InChI is InChI=1S/C18H23N3O/c1-3-11-21-18(20)16-12-14(22-2)9-10-15(16)17(19)13-7-5-4-6-8-13/h4-5,7,9-10,12,19H,3,6,8,11H2,1-2H3,(H2,20,21). The molecule has 0 heterocycles. The van der Waals surface area contributed by atoms with Crippen LogP contribution in [0.4, 0.5) is 0 Å². The van der Waals surface area contributed by atoms with Gasteiger partial charge in [0.25, 0.3) is 0 Å². The highest BCUT2D eigenvalue weighted by molar-refractivity contribution is 6.17. The summed E-state index contributed by atoms with van der Waals surface area (Å²) < 4.78 is 5.28. The fraction of sp³-hybridized carbons (Fsp3) is 0.333. The van der Waals surface area contributed by atoms with Crippen LogP contribution in [0.3, 0.4) is 0 Å². The fourth-order valence-electron chi connectivity index (χ4n) is 2.38. The summed E-state index contributed by atoms with van der Waals surface area (Å²) in [5.74, 6) is 1.19. The molecular formula is C18H23N3O. The summed E-state index contributed by atoms with van der Waals surface area (Å²) >= 11 is 0. The molecule has 0 spiro atoms. The molecule has 1 aliphatic carbocycles. The highest BCUT2D eigenvalue weighted by atomic mass is 16.5. The Balaban J connectivity index is 2.43. The predicted molar refractivity (Wildman–Crippen MR) is 92.2 cm³/mol. The van der Waals surface area contributed by atoms with E-state index in [-0.39, 0.29) is 0 Å². The highest BCUT2D eigenvalue weighted by Crippen LogP contribution is 2.23. The van der Waals surface area contributed by atoms with Gasteiger partial charge in [0.15, 0.2) is 0 Å². The van der Waals surface area contributed by atoms with Crippen molar-refractivity contribution in [3.63, 3.8) is 0 Å². The zero-order chi connectivity index (χ0) is 15.9. The van der Waals surface area contributed by atoms with Crippen LogP contribution in [0.5, 0.6) is 5.75 Å². The smallest absolute Gasteiger partial charge is 0.126 e. The van der Waals surface area contributed by atoms with Gasteiger partial charge in [0.2, 0.25) is 0 Å². The van der Waals surface area contributed by atoms with Crippen molar-refractivity contribution in [2.75, 3.05) is 13.7 Å². The molecule has 0 bridgehead atoms. The topological polar surface area (TPSA) is 71.5 Å². The summed E-state index contributed by atoms with van der Waals surface area (Å²) in [5, 5.41) is 8.51. The van der Waals surface area contributed by atoms with Crippen molar-refractivity contribution in [2.24, 2.45) is 10.7 Å². The Labute approximate surface area is 131 Å². The Morgan fingerprint density at radius 1 is 1.36 bits per heavy atom. The van der Waals surface area contributed by atoms with Crippen LogP contribution in [-0.2, 0) is 0 Å². The second kappa shape index (κ2) is 7.59. The molecule has 0 aromatic heterocycles. The minimum Gasteiger partial charge on any atom is -0.497 e. The van der Waals surface area contributed by atoms with Gasteiger partial charge in [-0.05, 0) is 43.0 Å². The minimum atomic E-state index is 0.465. The molecule has 2 rings (SSSR count). The molecule has 4 heteroatoms. The van der Waals surface area contributed by atoms with Crippen LogP contribution in [0.25, 0.3) is 0 Å². The van der Waals surface area contributed by atoms with Gasteiger partial charge in [-0.15, -0.1) is 0 Å². The SMILES string of the molecule is CCCN=C(N)c1cc(OC)ccc1C(=N)C1=CC=CCC1. The lowest BCUT2D eigenvalue weighted by Gasteiger charge is -2.15. The molecule has 0 radical (unpaired) electrons. The lowest BCUT2D eigenvalue weighted by molar-refractivity contribution is 0.414. The van der Waals surface area contributed by atoms with E-state index in [9.17, 15) is 0 Å². The van der Waals surface area contributed by atoms with Crippen molar-refractivity contribution in [1.29, 1.82) is 5.41 Å². The largest absolute Gasteiger partial charge is 0.497 e. The predicted octanol–water partition coefficient (Wildman–Crippen LogP) is 3.45. The number of nitrogens with zero attached hydrogens (tertiary/aromatic N) is 1. The Morgan fingerprint density at radius 3 is 2.82 bits per heavy atom. The lowest BCUT2D eigenvalue weighted by atomic mass is 9.92. The third-order valence-corrected chi connectivity index (χ3v) is 3.61. The number of hydrogen-bond acceptors (Lipinski definition) is 3. The zero-order valence-corrected chi connectivity index (χ0v) is 13.2. The van der Waals surface area contributed by atoms with Crippen molar-refractivity contribution < 1.29 is 4.74 Å². The number of aliphatic imine (C=N–C) groups is 1. The van der Waals surface area contributed by atoms with Crippen LogP contribution in [0.15, 0.2) is 47.0 Å². The first-order chi connectivity index (χ1) is 10.7. The maximum Gasteiger partial charge on any atom is 0.126 e. The summed E-state index contributed by atoms with van der Waals surface area (Å²) in [5.41, 5.74) is 9.25. The molecule has 0 saturated carbocycles. The number of ether oxygens (including phenoxy) is 1. The number of allylic oxidation sites excluding steroid dienone is 4. The minimum absolute atomic E-state index is 0.465. The van der Waals surface area contributed by atoms with E-state index < -0.39 is 0 Å². The molecule has 1 aromatic rings. The average Bonchev–Trinajstić information content (AvgIpc) is 2.59. The van der Waals surface area contributed by atoms with Crippen molar-refractivity contribution in [3.8, 4) is 5.75 Å². The number of amidine groups is 1. The van der Waals surface area contributed by atoms with E-state index in [1.54, 1.807) is 7.11 Å². The molecule has 0 aliphatic heterocycles. The van der Waals surface area contributed by atoms with Gasteiger partial charge in [-0.2, -0.15) is 0 Å². The quantitative estimate of drug-likeness (QED) is 0.623. The first kappa shape index (κ1) is 16.0. The van der Waals surface area contributed by atoms with Gasteiger partial charge in [-0.1, -0.05) is 25.2 Å². The Hall–Kier alpha value is -2.36. The lowest BCUT2D eigenvalue weighted by Crippen LogP contribution is -2.19. The third kappa shape index (κ3) is 3.64. The van der Waals surface area contributed by atoms with Crippen LogP contribution >= 0.6 is 0 Å². The van der Waals surface area contributed by atoms with Crippen LogP contribution in [0, 0.1) is 5.41 Å². The first-order valence-corrected chi connectivity index (χ1v) is 7.60. The van der Waals surface area contributed by atoms with Gasteiger partial charge in [0.05, 0.1) is 12.8 Å². The van der Waals surface area contributed by atoms with Crippen molar-refractivity contribution in [1.82, 2.24) is 0 Å². The van der Waals surface area contributed by atoms with Crippen molar-refractivity contribution in [3.05, 3.63) is 53.1 Å². The second-order valence-corrected chi connectivity index (χ2v) is 5.21. The molecule has 0 saturated heterocycles. The fourth-order valence-corrected chi connectivity index (χ4v) is 2.38. The van der Waals surface area contributed by atoms with Gasteiger partial charge < -0.3 is 10.5 Å². The normalized spacial score (nSPS) is 14.6. The van der Waals surface area contributed by atoms with Crippen LogP contribution in [-0.4, -0.2) is 25.2 Å². The molecule has 0 unspecified atom stereocenters. The van der Waals surface area contributed by atoms with E-state index in [4.69, 9.17) is 15.9 Å². The van der Waals surface area contributed by atoms with Gasteiger partial charge in [-0.3, -0.25) is 10.4 Å². The molecule has 4 nitrogen and oxygen atoms in total. The maximum absolute atomic E-state index is 8.51. The van der Waals surface area contributed by atoms with E-state index in [1.165, 1.54) is 0 Å². The first-order valence-electron chi connectivity index (χ1n) is 7.60. The Bertz CT molecular complexity index is 642. The third-order valence-electron chi connectivity index (χ3n) is 3.61. The number of rotatable bonds is 6. The molecule has 116 valence electrons. The van der Waals surface area contributed by atoms with E-state index >= 15 is 0 Å². The summed E-state index contributed by atoms with van der Waals surface area (Å²) in [6.07, 6.45) is 8.91. The van der Waals surface area contributed by atoms with E-state index in [0.717, 1.165) is 41.7 Å². The summed E-state index contributed by atoms with van der Waals surface area (Å²) in [6.45, 7) is 2.74. The van der Waals surface area contributed by atoms with Crippen LogP contribution in [0.1, 0.15) is 37.3 Å². The van der Waals surface area contributed by atoms with Gasteiger partial charge in [0.1, 0.15) is 11.6 Å². The molecule has 3 N–H and O–H groups in total. The molecule has 22 heavy (non-hydrogen) atoms. The number of methoxy groups -OCH3 is 1. The Morgan fingerprint density at radius 2 is 2.18 bits per heavy atom. The van der Waals surface area contributed by atoms with Crippen molar-refractivity contribution >= 4 is 11.5 Å². The highest BCUT2D eigenvalue weighted by Gasteiger charge is 2.16. The van der Waals surface area contributed by atoms with Gasteiger partial charge >= 0.3 is 0 Å². The molecule has 1 aliphatic rings. The number of benzene rings is 1. The number of nitrogens with one attached hydrogen (secondary N) is 1. The molecule has 0 amide bonds. The van der Waals surface area contributed by atoms with Crippen molar-refractivity contribution in [2.45, 2.75) is 26.2 Å². The van der Waals surface area contributed by atoms with E-state index in [1.807, 2.05) is 30.4 Å². The summed E-state index contributed by atoms with van der Waals surface area (Å²) in [4.78, 5) is 4.39. The summed E-state index contributed by atoms with van der Waals surface area (Å²) in [6, 6.07) is 5.61.